The molecule has 0 bridgehead atoms. The summed E-state index contributed by atoms with van der Waals surface area (Å²) >= 11 is 0. The van der Waals surface area contributed by atoms with E-state index in [1.165, 1.54) is 0 Å². The quantitative estimate of drug-likeness (QED) is 0.623. The number of carbonyl (C=O) groups excluding carboxylic acids is 1. The van der Waals surface area contributed by atoms with Gasteiger partial charge in [-0.15, -0.1) is 0 Å². The number of amides is 1. The Kier molecular flexibility index (Phi) is 5.71. The molecule has 1 amide bonds. The maximum Gasteiger partial charge on any atom is 0.251 e. The Bertz CT molecular complexity index is 1230. The van der Waals surface area contributed by atoms with Gasteiger partial charge in [0.05, 0.1) is 22.7 Å². The van der Waals surface area contributed by atoms with E-state index < -0.39 is 21.6 Å². The highest BCUT2D eigenvalue weighted by atomic mass is 32.2. The number of aryl methyl sites for hydroxylation is 3. The van der Waals surface area contributed by atoms with Crippen molar-refractivity contribution in [2.75, 3.05) is 11.6 Å². The maximum atomic E-state index is 14.1. The minimum Gasteiger partial charge on any atom is -0.323 e. The lowest BCUT2D eigenvalue weighted by Gasteiger charge is -2.09. The third-order valence-electron chi connectivity index (χ3n) is 4.58. The lowest BCUT2D eigenvalue weighted by atomic mass is 10.1. The molecule has 0 spiro atoms. The molecule has 30 heavy (non-hydrogen) atoms. The van der Waals surface area contributed by atoms with Gasteiger partial charge >= 0.3 is 0 Å². The molecule has 0 saturated carbocycles. The molecule has 3 rings (SSSR count). The number of hydrogen-bond donors (Lipinski definition) is 1. The monoisotopic (exact) mass is 431 g/mol. The van der Waals surface area contributed by atoms with E-state index in [0.717, 1.165) is 35.8 Å². The fraction of sp³-hybridized carbons (Fsp3) is 0.300. The number of nitrogens with one attached hydrogen (secondary N) is 1. The van der Waals surface area contributed by atoms with Gasteiger partial charge in [0, 0.05) is 28.9 Å². The van der Waals surface area contributed by atoms with E-state index in [1.54, 1.807) is 18.5 Å². The number of anilines is 1. The second kappa shape index (κ2) is 7.94. The van der Waals surface area contributed by atoms with E-state index in [2.05, 4.69) is 20.4 Å². The van der Waals surface area contributed by atoms with Crippen molar-refractivity contribution in [3.05, 3.63) is 58.4 Å². The smallest absolute Gasteiger partial charge is 0.251 e. The standard InChI is InChI=1S/C20H22FN5O3S/c1-11-8-12(2)23-20(22-11)26-14(4)16(13(3)25-26)10-19(27)24-18-9-15(30(5,28)29)6-7-17(18)21/h6-9H,10H2,1-5H3,(H,24,27). The van der Waals surface area contributed by atoms with Gasteiger partial charge in [0.15, 0.2) is 9.84 Å². The van der Waals surface area contributed by atoms with Crippen molar-refractivity contribution < 1.29 is 17.6 Å². The minimum atomic E-state index is -3.53. The molecule has 0 radical (unpaired) electrons. The minimum absolute atomic E-state index is 0.0645. The fourth-order valence-corrected chi connectivity index (χ4v) is 3.76. The van der Waals surface area contributed by atoms with Crippen molar-refractivity contribution in [1.29, 1.82) is 0 Å². The van der Waals surface area contributed by atoms with E-state index in [9.17, 15) is 17.6 Å². The number of halogens is 1. The van der Waals surface area contributed by atoms with Gasteiger partial charge in [0.2, 0.25) is 5.91 Å². The second-order valence-corrected chi connectivity index (χ2v) is 9.17. The fourth-order valence-electron chi connectivity index (χ4n) is 3.11. The molecule has 8 nitrogen and oxygen atoms in total. The Morgan fingerprint density at radius 3 is 2.33 bits per heavy atom. The molecule has 2 heterocycles. The van der Waals surface area contributed by atoms with Crippen LogP contribution < -0.4 is 5.32 Å². The zero-order valence-corrected chi connectivity index (χ0v) is 18.1. The highest BCUT2D eigenvalue weighted by molar-refractivity contribution is 7.90. The van der Waals surface area contributed by atoms with E-state index >= 15 is 0 Å². The van der Waals surface area contributed by atoms with Crippen molar-refractivity contribution in [1.82, 2.24) is 19.7 Å². The molecule has 0 aliphatic carbocycles. The predicted octanol–water partition coefficient (Wildman–Crippen LogP) is 2.62. The molecule has 10 heteroatoms. The molecule has 0 aliphatic rings. The number of benzene rings is 1. The highest BCUT2D eigenvalue weighted by Gasteiger charge is 2.19. The summed E-state index contributed by atoms with van der Waals surface area (Å²) < 4.78 is 39.0. The average Bonchev–Trinajstić information content (AvgIpc) is 2.90. The Labute approximate surface area is 174 Å². The topological polar surface area (TPSA) is 107 Å². The largest absolute Gasteiger partial charge is 0.323 e. The summed E-state index contributed by atoms with van der Waals surface area (Å²) in [5, 5.41) is 6.89. The van der Waals surface area contributed by atoms with Crippen LogP contribution in [0.15, 0.2) is 29.2 Å². The predicted molar refractivity (Wildman–Crippen MR) is 110 cm³/mol. The van der Waals surface area contributed by atoms with E-state index in [0.29, 0.717) is 22.9 Å². The van der Waals surface area contributed by atoms with Crippen molar-refractivity contribution in [3.8, 4) is 5.95 Å². The van der Waals surface area contributed by atoms with Crippen molar-refractivity contribution in [3.63, 3.8) is 0 Å². The Morgan fingerprint density at radius 2 is 1.73 bits per heavy atom. The SMILES string of the molecule is Cc1cc(C)nc(-n2nc(C)c(CC(=O)Nc3cc(S(C)(=O)=O)ccc3F)c2C)n1. The number of carbonyl (C=O) groups is 1. The van der Waals surface area contributed by atoms with Crippen LogP contribution >= 0.6 is 0 Å². The van der Waals surface area contributed by atoms with Gasteiger partial charge in [-0.25, -0.2) is 27.5 Å². The molecular weight excluding hydrogens is 409 g/mol. The summed E-state index contributed by atoms with van der Waals surface area (Å²) in [5.41, 5.74) is 3.38. The molecule has 0 aliphatic heterocycles. The summed E-state index contributed by atoms with van der Waals surface area (Å²) in [7, 11) is -3.53. The summed E-state index contributed by atoms with van der Waals surface area (Å²) in [5.74, 6) is -0.804. The lowest BCUT2D eigenvalue weighted by molar-refractivity contribution is -0.115. The summed E-state index contributed by atoms with van der Waals surface area (Å²) in [6.45, 7) is 7.28. The Balaban J connectivity index is 1.87. The van der Waals surface area contributed by atoms with Gasteiger partial charge in [0.25, 0.3) is 5.95 Å². The van der Waals surface area contributed by atoms with Gasteiger partial charge in [-0.1, -0.05) is 0 Å². The maximum absolute atomic E-state index is 14.1. The molecule has 158 valence electrons. The van der Waals surface area contributed by atoms with Crippen LogP contribution in [0.4, 0.5) is 10.1 Å². The van der Waals surface area contributed by atoms with Crippen LogP contribution in [0.3, 0.4) is 0 Å². The first-order valence-electron chi connectivity index (χ1n) is 9.13. The normalized spacial score (nSPS) is 11.5. The van der Waals surface area contributed by atoms with Gasteiger partial charge < -0.3 is 5.32 Å². The van der Waals surface area contributed by atoms with Crippen LogP contribution in [0.2, 0.25) is 0 Å². The van der Waals surface area contributed by atoms with Crippen LogP contribution in [0.5, 0.6) is 0 Å². The first kappa shape index (κ1) is 21.6. The van der Waals surface area contributed by atoms with Gasteiger partial charge in [-0.2, -0.15) is 5.10 Å². The number of sulfone groups is 1. The van der Waals surface area contributed by atoms with Crippen molar-refractivity contribution in [2.45, 2.75) is 39.0 Å². The average molecular weight is 431 g/mol. The van der Waals surface area contributed by atoms with Crippen LogP contribution in [0, 0.1) is 33.5 Å². The van der Waals surface area contributed by atoms with E-state index in [-0.39, 0.29) is 17.0 Å². The third-order valence-corrected chi connectivity index (χ3v) is 5.69. The first-order valence-corrected chi connectivity index (χ1v) is 11.0. The van der Waals surface area contributed by atoms with Gasteiger partial charge in [-0.3, -0.25) is 4.79 Å². The number of aromatic nitrogens is 4. The van der Waals surface area contributed by atoms with E-state index in [4.69, 9.17) is 0 Å². The number of rotatable bonds is 5. The first-order chi connectivity index (χ1) is 14.0. The van der Waals surface area contributed by atoms with Gasteiger partial charge in [0.1, 0.15) is 5.82 Å². The summed E-state index contributed by atoms with van der Waals surface area (Å²) in [6, 6.07) is 5.12. The Morgan fingerprint density at radius 1 is 1.10 bits per heavy atom. The molecule has 0 unspecified atom stereocenters. The molecule has 0 saturated heterocycles. The van der Waals surface area contributed by atoms with Crippen LogP contribution in [0.1, 0.15) is 28.3 Å². The van der Waals surface area contributed by atoms with Gasteiger partial charge in [-0.05, 0) is 52.0 Å². The molecule has 0 fully saturated rings. The molecule has 2 aromatic heterocycles. The van der Waals surface area contributed by atoms with E-state index in [1.807, 2.05) is 19.9 Å². The molecule has 1 N–H and O–H groups in total. The Hall–Kier alpha value is -3.14. The zero-order valence-electron chi connectivity index (χ0n) is 17.3. The van der Waals surface area contributed by atoms with Crippen molar-refractivity contribution in [2.24, 2.45) is 0 Å². The number of hydrogen-bond acceptors (Lipinski definition) is 6. The second-order valence-electron chi connectivity index (χ2n) is 7.15. The molecule has 3 aromatic rings. The molecular formula is C20H22FN5O3S. The lowest BCUT2D eigenvalue weighted by Crippen LogP contribution is -2.17. The summed E-state index contributed by atoms with van der Waals surface area (Å²) in [6.07, 6.45) is 0.951. The van der Waals surface area contributed by atoms with Crippen molar-refractivity contribution >= 4 is 21.4 Å². The van der Waals surface area contributed by atoms with Crippen LogP contribution in [0.25, 0.3) is 5.95 Å². The third kappa shape index (κ3) is 4.54. The molecule has 0 atom stereocenters. The van der Waals surface area contributed by atoms with Crippen LogP contribution in [-0.2, 0) is 21.1 Å². The zero-order chi connectivity index (χ0) is 22.2. The molecule has 1 aromatic carbocycles. The highest BCUT2D eigenvalue weighted by Crippen LogP contribution is 2.21. The number of nitrogens with zero attached hydrogens (tertiary/aromatic N) is 4. The summed E-state index contributed by atoms with van der Waals surface area (Å²) in [4.78, 5) is 21.3. The van der Waals surface area contributed by atoms with Crippen LogP contribution in [-0.4, -0.2) is 40.3 Å².